The minimum atomic E-state index is -2.25. The normalized spacial score (nSPS) is 10.5. The van der Waals surface area contributed by atoms with Gasteiger partial charge in [-0.15, -0.1) is 15.9 Å². The second-order valence-electron chi connectivity index (χ2n) is 7.12. The molecule has 0 saturated carbocycles. The van der Waals surface area contributed by atoms with Crippen LogP contribution in [0.2, 0.25) is 0 Å². The molecule has 0 amide bonds. The first-order chi connectivity index (χ1) is 14.8. The summed E-state index contributed by atoms with van der Waals surface area (Å²) < 4.78 is 1.16. The van der Waals surface area contributed by atoms with Crippen LogP contribution in [0.5, 0.6) is 0 Å². The van der Waals surface area contributed by atoms with Crippen molar-refractivity contribution < 1.29 is 17.1 Å². The third-order valence-corrected chi connectivity index (χ3v) is 10.7. The molecule has 0 aliphatic carbocycles. The molecule has 0 heterocycles. The number of hydrogen-bond donors (Lipinski definition) is 0. The van der Waals surface area contributed by atoms with Crippen molar-refractivity contribution in [1.82, 2.24) is 0 Å². The van der Waals surface area contributed by atoms with Crippen LogP contribution in [0.25, 0.3) is 0 Å². The molecule has 0 spiro atoms. The molecule has 160 valence electrons. The molecule has 3 heteroatoms. The predicted octanol–water partition coefficient (Wildman–Crippen LogP) is 4.95. The van der Waals surface area contributed by atoms with Gasteiger partial charge in [0.15, 0.2) is 0 Å². The Morgan fingerprint density at radius 1 is 0.548 bits per heavy atom. The summed E-state index contributed by atoms with van der Waals surface area (Å²) in [5.41, 5.74) is 0. The van der Waals surface area contributed by atoms with Crippen molar-refractivity contribution >= 4 is 44.8 Å². The molecular formula is C28H23BrFeSi-6. The maximum atomic E-state index is 3.28. The molecule has 0 N–H and O–H groups in total. The van der Waals surface area contributed by atoms with Crippen molar-refractivity contribution in [2.45, 2.75) is 0 Å². The summed E-state index contributed by atoms with van der Waals surface area (Å²) in [7, 11) is -2.25. The third-order valence-electron chi connectivity index (χ3n) is 5.34. The fraction of sp³-hybridized carbons (Fsp3) is 0. The van der Waals surface area contributed by atoms with Crippen molar-refractivity contribution in [3.8, 4) is 0 Å². The van der Waals surface area contributed by atoms with Crippen molar-refractivity contribution in [3.05, 3.63) is 144 Å². The zero-order chi connectivity index (χ0) is 20.7. The summed E-state index contributed by atoms with van der Waals surface area (Å²) in [5.74, 6) is 0. The van der Waals surface area contributed by atoms with Gasteiger partial charge in [0.05, 0.1) is 0 Å². The number of rotatable bonds is 4. The molecule has 0 fully saturated rings. The molecule has 0 unspecified atom stereocenters. The van der Waals surface area contributed by atoms with Gasteiger partial charge < -0.3 is 29.5 Å². The fourth-order valence-electron chi connectivity index (χ4n) is 4.04. The second kappa shape index (κ2) is 11.3. The molecule has 31 heavy (non-hydrogen) atoms. The van der Waals surface area contributed by atoms with Gasteiger partial charge in [-0.25, -0.2) is 12.1 Å². The molecule has 0 saturated heterocycles. The number of hydrogen-bond acceptors (Lipinski definition) is 0. The van der Waals surface area contributed by atoms with Crippen molar-refractivity contribution in [1.29, 1.82) is 0 Å². The quantitative estimate of drug-likeness (QED) is 0.178. The van der Waals surface area contributed by atoms with E-state index in [2.05, 4.69) is 131 Å². The summed E-state index contributed by atoms with van der Waals surface area (Å²) in [5, 5.41) is 5.71. The smallest absolute Gasteiger partial charge is 0 e. The summed E-state index contributed by atoms with van der Waals surface area (Å²) >= 11 is 3.28. The first kappa shape index (κ1) is 23.2. The maximum absolute atomic E-state index is 3.28. The van der Waals surface area contributed by atoms with Crippen LogP contribution < -0.4 is 20.7 Å². The van der Waals surface area contributed by atoms with E-state index in [1.807, 2.05) is 24.3 Å². The van der Waals surface area contributed by atoms with Gasteiger partial charge in [0.25, 0.3) is 0 Å². The van der Waals surface area contributed by atoms with Crippen LogP contribution in [-0.2, 0) is 17.1 Å². The SMILES string of the molecule is Br[c-]1cccc1.[Fe].c1ccc([Si](c2ccccc2)(c2ccccc2)[c-]2[cH-][cH-][cH-][cH-]2)cc1. The van der Waals surface area contributed by atoms with E-state index < -0.39 is 8.07 Å². The van der Waals surface area contributed by atoms with E-state index in [-0.39, 0.29) is 17.1 Å². The summed E-state index contributed by atoms with van der Waals surface area (Å²) in [6, 6.07) is 49.9. The Kier molecular flexibility index (Phi) is 8.45. The van der Waals surface area contributed by atoms with Gasteiger partial charge in [-0.2, -0.15) is 12.1 Å². The fourth-order valence-corrected chi connectivity index (χ4v) is 9.11. The number of halogens is 1. The average molecular weight is 523 g/mol. The Labute approximate surface area is 204 Å². The summed E-state index contributed by atoms with van der Waals surface area (Å²) in [6.07, 6.45) is 0. The molecule has 0 nitrogen and oxygen atoms in total. The van der Waals surface area contributed by atoms with Crippen LogP contribution >= 0.6 is 15.9 Å². The van der Waals surface area contributed by atoms with Crippen LogP contribution in [0, 0.1) is 0 Å². The molecule has 5 aromatic carbocycles. The third kappa shape index (κ3) is 5.08. The Morgan fingerprint density at radius 2 is 0.903 bits per heavy atom. The Balaban J connectivity index is 0.000000338. The molecule has 0 atom stereocenters. The predicted molar refractivity (Wildman–Crippen MR) is 135 cm³/mol. The van der Waals surface area contributed by atoms with Crippen LogP contribution in [0.15, 0.2) is 144 Å². The standard InChI is InChI=1S/C23H19Si.C5H4Br.Fe/c1-4-12-20(13-5-1)24(23-18-10-11-19-23,21-14-6-2-7-15-21)22-16-8-3-9-17-22;6-5-3-1-2-4-5;/h1-19H;1-4H;/q-5;-1;. The average Bonchev–Trinajstić information content (AvgIpc) is 3.52. The Bertz CT molecular complexity index is 1020. The van der Waals surface area contributed by atoms with Crippen LogP contribution in [0.4, 0.5) is 0 Å². The molecular weight excluding hydrogens is 500 g/mol. The second-order valence-corrected chi connectivity index (χ2v) is 11.8. The van der Waals surface area contributed by atoms with E-state index in [1.54, 1.807) is 0 Å². The molecule has 0 bridgehead atoms. The molecule has 5 rings (SSSR count). The van der Waals surface area contributed by atoms with Crippen molar-refractivity contribution in [3.63, 3.8) is 0 Å². The van der Waals surface area contributed by atoms with Gasteiger partial charge in [-0.3, -0.25) is 0 Å². The van der Waals surface area contributed by atoms with Crippen LogP contribution in [0.3, 0.4) is 0 Å². The maximum Gasteiger partial charge on any atom is 0 e. The van der Waals surface area contributed by atoms with Gasteiger partial charge in [0.2, 0.25) is 0 Å². The zero-order valence-electron chi connectivity index (χ0n) is 17.0. The molecule has 0 radical (unpaired) electrons. The largest absolute Gasteiger partial charge is 0.748 e. The Hall–Kier alpha value is -2.42. The van der Waals surface area contributed by atoms with Crippen LogP contribution in [0.1, 0.15) is 0 Å². The van der Waals surface area contributed by atoms with E-state index in [9.17, 15) is 0 Å². The minimum absolute atomic E-state index is 0. The zero-order valence-corrected chi connectivity index (χ0v) is 20.7. The van der Waals surface area contributed by atoms with E-state index in [4.69, 9.17) is 0 Å². The van der Waals surface area contributed by atoms with Gasteiger partial charge >= 0.3 is 0 Å². The first-order valence-electron chi connectivity index (χ1n) is 10.1. The van der Waals surface area contributed by atoms with E-state index in [0.717, 1.165) is 4.47 Å². The molecule has 0 aliphatic rings. The monoisotopic (exact) mass is 522 g/mol. The summed E-state index contributed by atoms with van der Waals surface area (Å²) in [4.78, 5) is 0. The van der Waals surface area contributed by atoms with Gasteiger partial charge in [0, 0.05) is 17.1 Å². The molecule has 5 aromatic rings. The van der Waals surface area contributed by atoms with E-state index >= 15 is 0 Å². The van der Waals surface area contributed by atoms with E-state index in [0.29, 0.717) is 0 Å². The Morgan fingerprint density at radius 3 is 1.19 bits per heavy atom. The minimum Gasteiger partial charge on any atom is -0.748 e. The van der Waals surface area contributed by atoms with Gasteiger partial charge in [-0.05, 0) is 8.07 Å². The van der Waals surface area contributed by atoms with Gasteiger partial charge in [0.1, 0.15) is 0 Å². The molecule has 0 aromatic heterocycles. The van der Waals surface area contributed by atoms with Crippen LogP contribution in [-0.4, -0.2) is 8.07 Å². The van der Waals surface area contributed by atoms with Crippen molar-refractivity contribution in [2.24, 2.45) is 0 Å². The topological polar surface area (TPSA) is 0 Å². The van der Waals surface area contributed by atoms with E-state index in [1.165, 1.54) is 20.7 Å². The van der Waals surface area contributed by atoms with Gasteiger partial charge in [-0.1, -0.05) is 111 Å². The summed E-state index contributed by atoms with van der Waals surface area (Å²) in [6.45, 7) is 0. The number of benzene rings is 3. The first-order valence-corrected chi connectivity index (χ1v) is 12.9. The van der Waals surface area contributed by atoms with Crippen molar-refractivity contribution in [2.75, 3.05) is 0 Å². The molecule has 0 aliphatic heterocycles.